The molecule has 9 nitrogen and oxygen atoms in total. The topological polar surface area (TPSA) is 141 Å². The summed E-state index contributed by atoms with van der Waals surface area (Å²) in [5.74, 6) is -2.84. The molecule has 2 aromatic heterocycles. The monoisotopic (exact) mass is 472 g/mol. The van der Waals surface area contributed by atoms with E-state index >= 15 is 0 Å². The Bertz CT molecular complexity index is 1220. The molecule has 0 saturated heterocycles. The van der Waals surface area contributed by atoms with Crippen LogP contribution < -0.4 is 10.0 Å². The number of carboxylic acid groups (broad SMARTS) is 1. The molecule has 0 aliphatic carbocycles. The fourth-order valence-electron chi connectivity index (χ4n) is 2.62. The Morgan fingerprint density at radius 1 is 1.16 bits per heavy atom. The lowest BCUT2D eigenvalue weighted by Gasteiger charge is -2.06. The molecule has 1 amide bonds. The SMILES string of the molecule is CNC(=O)Cc1cc2c(-c3ccc(NS(C)(=O)=O)cc3)ccnc2[nH]1.O=C(O)C(F)(F)F. The van der Waals surface area contributed by atoms with Gasteiger partial charge in [-0.25, -0.2) is 18.2 Å². The van der Waals surface area contributed by atoms with Crippen molar-refractivity contribution in [1.82, 2.24) is 15.3 Å². The molecule has 2 heterocycles. The van der Waals surface area contributed by atoms with Gasteiger partial charge in [-0.05, 0) is 35.4 Å². The van der Waals surface area contributed by atoms with Crippen molar-refractivity contribution in [3.05, 3.63) is 48.3 Å². The van der Waals surface area contributed by atoms with Gasteiger partial charge >= 0.3 is 12.1 Å². The number of halogens is 3. The Labute approximate surface area is 180 Å². The third kappa shape index (κ3) is 6.97. The minimum Gasteiger partial charge on any atom is -0.475 e. The summed E-state index contributed by atoms with van der Waals surface area (Å²) in [5, 5.41) is 10.6. The van der Waals surface area contributed by atoms with Gasteiger partial charge in [0, 0.05) is 30.0 Å². The number of alkyl halides is 3. The number of nitrogens with one attached hydrogen (secondary N) is 3. The number of anilines is 1. The Morgan fingerprint density at radius 2 is 1.75 bits per heavy atom. The number of carbonyl (C=O) groups is 2. The lowest BCUT2D eigenvalue weighted by Crippen LogP contribution is -2.21. The van der Waals surface area contributed by atoms with Crippen molar-refractivity contribution in [2.45, 2.75) is 12.6 Å². The van der Waals surface area contributed by atoms with Crippen molar-refractivity contribution < 1.29 is 36.3 Å². The molecular weight excluding hydrogens is 453 g/mol. The molecule has 3 rings (SSSR count). The van der Waals surface area contributed by atoms with Crippen molar-refractivity contribution in [2.24, 2.45) is 0 Å². The standard InChI is InChI=1S/C17H18N4O3S.C2HF3O2/c1-18-16(22)10-13-9-15-14(7-8-19-17(15)20-13)11-3-5-12(6-4-11)21-25(2,23)24;3-2(4,5)1(6)7/h3-9,21H,10H2,1-2H3,(H,18,22)(H,19,20);(H,6,7). The van der Waals surface area contributed by atoms with Gasteiger partial charge in [0.05, 0.1) is 12.7 Å². The first kappa shape index (κ1) is 24.7. The molecule has 0 radical (unpaired) electrons. The molecular formula is C19H19F3N4O5S. The van der Waals surface area contributed by atoms with E-state index in [-0.39, 0.29) is 12.3 Å². The van der Waals surface area contributed by atoms with Gasteiger partial charge in [-0.3, -0.25) is 9.52 Å². The number of rotatable bonds is 5. The minimum atomic E-state index is -5.08. The molecule has 4 N–H and O–H groups in total. The van der Waals surface area contributed by atoms with Gasteiger partial charge in [-0.15, -0.1) is 0 Å². The van der Waals surface area contributed by atoms with Crippen molar-refractivity contribution in [3.8, 4) is 11.1 Å². The molecule has 13 heteroatoms. The zero-order chi connectivity index (χ0) is 24.1. The Hall–Kier alpha value is -3.61. The molecule has 0 bridgehead atoms. The summed E-state index contributed by atoms with van der Waals surface area (Å²) < 4.78 is 56.8. The van der Waals surface area contributed by atoms with Gasteiger partial charge in [0.25, 0.3) is 0 Å². The van der Waals surface area contributed by atoms with Crippen molar-refractivity contribution in [3.63, 3.8) is 0 Å². The van der Waals surface area contributed by atoms with Crippen LogP contribution in [0.3, 0.4) is 0 Å². The van der Waals surface area contributed by atoms with E-state index in [4.69, 9.17) is 9.90 Å². The minimum absolute atomic E-state index is 0.0793. The van der Waals surface area contributed by atoms with E-state index in [2.05, 4.69) is 20.0 Å². The summed E-state index contributed by atoms with van der Waals surface area (Å²) in [6.45, 7) is 0. The van der Waals surface area contributed by atoms with Crippen LogP contribution in [0.1, 0.15) is 5.69 Å². The first-order chi connectivity index (χ1) is 14.8. The van der Waals surface area contributed by atoms with Gasteiger partial charge in [-0.2, -0.15) is 13.2 Å². The van der Waals surface area contributed by atoms with Gasteiger partial charge in [0.1, 0.15) is 5.65 Å². The fourth-order valence-corrected chi connectivity index (χ4v) is 3.19. The maximum atomic E-state index is 11.6. The van der Waals surface area contributed by atoms with Crippen LogP contribution in [0.25, 0.3) is 22.2 Å². The second-order valence-corrected chi connectivity index (χ2v) is 8.27. The van der Waals surface area contributed by atoms with E-state index in [1.807, 2.05) is 24.3 Å². The van der Waals surface area contributed by atoms with Crippen LogP contribution in [-0.4, -0.2) is 54.8 Å². The number of likely N-dealkylation sites (N-methyl/N-ethyl adjacent to an activating group) is 1. The highest BCUT2D eigenvalue weighted by molar-refractivity contribution is 7.92. The predicted molar refractivity (Wildman–Crippen MR) is 111 cm³/mol. The second-order valence-electron chi connectivity index (χ2n) is 6.52. The van der Waals surface area contributed by atoms with Crippen LogP contribution >= 0.6 is 0 Å². The number of aliphatic carboxylic acids is 1. The van der Waals surface area contributed by atoms with Gasteiger partial charge in [0.15, 0.2) is 0 Å². The van der Waals surface area contributed by atoms with E-state index in [1.54, 1.807) is 25.4 Å². The highest BCUT2D eigenvalue weighted by Crippen LogP contribution is 2.29. The van der Waals surface area contributed by atoms with Crippen LogP contribution in [0.15, 0.2) is 42.6 Å². The molecule has 0 unspecified atom stereocenters. The highest BCUT2D eigenvalue weighted by atomic mass is 32.2. The number of hydrogen-bond acceptors (Lipinski definition) is 5. The Balaban J connectivity index is 0.000000451. The number of benzene rings is 1. The zero-order valence-electron chi connectivity index (χ0n) is 16.8. The summed E-state index contributed by atoms with van der Waals surface area (Å²) in [6.07, 6.45) is -2.02. The smallest absolute Gasteiger partial charge is 0.475 e. The van der Waals surface area contributed by atoms with Crippen LogP contribution in [0, 0.1) is 0 Å². The number of carbonyl (C=O) groups excluding carboxylic acids is 1. The van der Waals surface area contributed by atoms with Gasteiger partial charge in [-0.1, -0.05) is 12.1 Å². The summed E-state index contributed by atoms with van der Waals surface area (Å²) in [7, 11) is -1.70. The van der Waals surface area contributed by atoms with Crippen molar-refractivity contribution >= 4 is 38.6 Å². The molecule has 3 aromatic rings. The molecule has 0 aliphatic rings. The number of fused-ring (bicyclic) bond motifs is 1. The van der Waals surface area contributed by atoms with E-state index in [0.29, 0.717) is 11.3 Å². The van der Waals surface area contributed by atoms with Crippen LogP contribution in [-0.2, 0) is 26.0 Å². The quantitative estimate of drug-likeness (QED) is 0.450. The summed E-state index contributed by atoms with van der Waals surface area (Å²) in [5.41, 5.74) is 3.87. The number of aromatic nitrogens is 2. The number of amides is 1. The first-order valence-electron chi connectivity index (χ1n) is 8.85. The highest BCUT2D eigenvalue weighted by Gasteiger charge is 2.38. The largest absolute Gasteiger partial charge is 0.490 e. The maximum absolute atomic E-state index is 11.6. The summed E-state index contributed by atoms with van der Waals surface area (Å²) in [4.78, 5) is 27.9. The van der Waals surface area contributed by atoms with Crippen LogP contribution in [0.4, 0.5) is 18.9 Å². The number of hydrogen-bond donors (Lipinski definition) is 4. The van der Waals surface area contributed by atoms with Crippen LogP contribution in [0.2, 0.25) is 0 Å². The van der Waals surface area contributed by atoms with E-state index in [1.165, 1.54) is 0 Å². The van der Waals surface area contributed by atoms with Crippen molar-refractivity contribution in [1.29, 1.82) is 0 Å². The molecule has 0 aliphatic heterocycles. The van der Waals surface area contributed by atoms with E-state index in [0.717, 1.165) is 28.5 Å². The average Bonchev–Trinajstić information content (AvgIpc) is 3.09. The van der Waals surface area contributed by atoms with E-state index in [9.17, 15) is 26.4 Å². The third-order valence-electron chi connectivity index (χ3n) is 3.96. The first-order valence-corrected chi connectivity index (χ1v) is 10.7. The number of aromatic amines is 1. The summed E-state index contributed by atoms with van der Waals surface area (Å²) >= 11 is 0. The summed E-state index contributed by atoms with van der Waals surface area (Å²) in [6, 6.07) is 10.9. The number of H-pyrrole nitrogens is 1. The average molecular weight is 472 g/mol. The Kier molecular flexibility index (Phi) is 7.46. The predicted octanol–water partition coefficient (Wildman–Crippen LogP) is 2.52. The fraction of sp³-hybridized carbons (Fsp3) is 0.211. The number of pyridine rings is 1. The molecule has 32 heavy (non-hydrogen) atoms. The molecule has 172 valence electrons. The third-order valence-corrected chi connectivity index (χ3v) is 4.57. The van der Waals surface area contributed by atoms with Crippen LogP contribution in [0.5, 0.6) is 0 Å². The van der Waals surface area contributed by atoms with Gasteiger partial charge < -0.3 is 15.4 Å². The normalized spacial score (nSPS) is 11.4. The number of nitrogens with zero attached hydrogens (tertiary/aromatic N) is 1. The Morgan fingerprint density at radius 3 is 2.25 bits per heavy atom. The molecule has 0 atom stereocenters. The van der Waals surface area contributed by atoms with Crippen molar-refractivity contribution in [2.75, 3.05) is 18.0 Å². The molecule has 0 saturated carbocycles. The lowest BCUT2D eigenvalue weighted by atomic mass is 10.0. The van der Waals surface area contributed by atoms with Gasteiger partial charge in [0.2, 0.25) is 15.9 Å². The zero-order valence-corrected chi connectivity index (χ0v) is 17.6. The molecule has 0 spiro atoms. The lowest BCUT2D eigenvalue weighted by molar-refractivity contribution is -0.192. The number of sulfonamides is 1. The number of carboxylic acids is 1. The molecule has 0 fully saturated rings. The second kappa shape index (κ2) is 9.68. The molecule has 1 aromatic carbocycles. The van der Waals surface area contributed by atoms with E-state index < -0.39 is 22.2 Å². The maximum Gasteiger partial charge on any atom is 0.490 e.